The van der Waals surface area contributed by atoms with E-state index in [0.717, 1.165) is 0 Å². The lowest BCUT2D eigenvalue weighted by atomic mass is 10.0. The van der Waals surface area contributed by atoms with Crippen LogP contribution in [0.15, 0.2) is 24.3 Å². The van der Waals surface area contributed by atoms with E-state index in [2.05, 4.69) is 15.2 Å². The molecular weight excluding hydrogens is 298 g/mol. The molecule has 23 heavy (non-hydrogen) atoms. The fourth-order valence-electron chi connectivity index (χ4n) is 2.50. The number of rotatable bonds is 4. The molecule has 2 heterocycles. The van der Waals surface area contributed by atoms with Gasteiger partial charge in [0.2, 0.25) is 0 Å². The molecule has 7 heteroatoms. The molecule has 7 nitrogen and oxygen atoms in total. The van der Waals surface area contributed by atoms with Gasteiger partial charge in [-0.15, -0.1) is 0 Å². The Balaban J connectivity index is 2.31. The molecule has 0 spiro atoms. The summed E-state index contributed by atoms with van der Waals surface area (Å²) < 4.78 is 10.6. The Labute approximate surface area is 131 Å². The van der Waals surface area contributed by atoms with E-state index in [-0.39, 0.29) is 5.56 Å². The summed E-state index contributed by atoms with van der Waals surface area (Å²) >= 11 is 0. The van der Waals surface area contributed by atoms with Crippen molar-refractivity contribution in [2.45, 2.75) is 6.92 Å². The molecule has 0 aliphatic carbocycles. The van der Waals surface area contributed by atoms with Gasteiger partial charge in [-0.05, 0) is 31.2 Å². The number of aromatic carboxylic acids is 1. The first-order chi connectivity index (χ1) is 11.0. The van der Waals surface area contributed by atoms with Crippen molar-refractivity contribution < 1.29 is 19.4 Å². The van der Waals surface area contributed by atoms with Gasteiger partial charge in [-0.1, -0.05) is 0 Å². The average molecular weight is 313 g/mol. The summed E-state index contributed by atoms with van der Waals surface area (Å²) in [5.41, 5.74) is 2.24. The van der Waals surface area contributed by atoms with Crippen LogP contribution in [0.3, 0.4) is 0 Å². The second-order valence-corrected chi connectivity index (χ2v) is 4.97. The van der Waals surface area contributed by atoms with Crippen LogP contribution in [0.4, 0.5) is 0 Å². The number of H-pyrrole nitrogens is 1. The van der Waals surface area contributed by atoms with Gasteiger partial charge in [-0.2, -0.15) is 5.10 Å². The Morgan fingerprint density at radius 1 is 1.22 bits per heavy atom. The molecule has 0 aliphatic heterocycles. The summed E-state index contributed by atoms with van der Waals surface area (Å²) in [6.45, 7) is 1.76. The minimum Gasteiger partial charge on any atom is -0.497 e. The van der Waals surface area contributed by atoms with Crippen LogP contribution in [-0.2, 0) is 0 Å². The van der Waals surface area contributed by atoms with Crippen LogP contribution in [0.5, 0.6) is 11.5 Å². The van der Waals surface area contributed by atoms with Gasteiger partial charge >= 0.3 is 5.97 Å². The Morgan fingerprint density at radius 2 is 2.00 bits per heavy atom. The van der Waals surface area contributed by atoms with Crippen LogP contribution < -0.4 is 9.47 Å². The normalized spacial score (nSPS) is 10.7. The van der Waals surface area contributed by atoms with E-state index in [4.69, 9.17) is 9.47 Å². The lowest BCUT2D eigenvalue weighted by molar-refractivity contribution is 0.0699. The number of methoxy groups -OCH3 is 2. The molecule has 0 saturated heterocycles. The Morgan fingerprint density at radius 3 is 2.65 bits per heavy atom. The minimum absolute atomic E-state index is 0.140. The van der Waals surface area contributed by atoms with E-state index >= 15 is 0 Å². The first-order valence-corrected chi connectivity index (χ1v) is 6.86. The number of hydrogen-bond acceptors (Lipinski definition) is 5. The highest BCUT2D eigenvalue weighted by atomic mass is 16.5. The molecule has 2 N–H and O–H groups in total. The predicted molar refractivity (Wildman–Crippen MR) is 84.1 cm³/mol. The summed E-state index contributed by atoms with van der Waals surface area (Å²) in [4.78, 5) is 16.1. The lowest BCUT2D eigenvalue weighted by Crippen LogP contribution is -2.01. The molecule has 0 amide bonds. The molecule has 2 aromatic heterocycles. The van der Waals surface area contributed by atoms with Crippen LogP contribution in [-0.4, -0.2) is 40.5 Å². The monoisotopic (exact) mass is 313 g/mol. The van der Waals surface area contributed by atoms with E-state index in [0.29, 0.717) is 39.5 Å². The van der Waals surface area contributed by atoms with E-state index in [9.17, 15) is 9.90 Å². The van der Waals surface area contributed by atoms with Gasteiger partial charge in [0, 0.05) is 11.3 Å². The van der Waals surface area contributed by atoms with E-state index < -0.39 is 5.97 Å². The van der Waals surface area contributed by atoms with E-state index in [1.807, 2.05) is 0 Å². The third-order valence-corrected chi connectivity index (χ3v) is 3.62. The molecule has 3 aromatic rings. The third kappa shape index (κ3) is 2.46. The summed E-state index contributed by atoms with van der Waals surface area (Å²) in [7, 11) is 3.10. The molecule has 0 bridgehead atoms. The van der Waals surface area contributed by atoms with Gasteiger partial charge in [0.25, 0.3) is 0 Å². The fraction of sp³-hybridized carbons (Fsp3) is 0.188. The van der Waals surface area contributed by atoms with Crippen LogP contribution in [0, 0.1) is 6.92 Å². The second kappa shape index (κ2) is 5.60. The van der Waals surface area contributed by atoms with Gasteiger partial charge in [-0.25, -0.2) is 9.78 Å². The SMILES string of the molecule is COc1ccc(OC)c(-c2cc(C(=O)O)c3c(C)[nH]nc3n2)c1. The molecule has 1 aromatic carbocycles. The van der Waals surface area contributed by atoms with Crippen LogP contribution in [0.25, 0.3) is 22.3 Å². The molecular formula is C16H15N3O4. The van der Waals surface area contributed by atoms with Gasteiger partial charge in [0.05, 0.1) is 30.9 Å². The number of benzene rings is 1. The second-order valence-electron chi connectivity index (χ2n) is 4.97. The minimum atomic E-state index is -1.04. The third-order valence-electron chi connectivity index (χ3n) is 3.62. The molecule has 0 radical (unpaired) electrons. The van der Waals surface area contributed by atoms with E-state index in [1.54, 1.807) is 39.3 Å². The smallest absolute Gasteiger partial charge is 0.336 e. The standard InChI is InChI=1S/C16H15N3O4/c1-8-14-11(16(20)21)7-12(17-15(14)19-18-8)10-6-9(22-2)4-5-13(10)23-3/h4-7H,1-3H3,(H,20,21)(H,17,18,19). The van der Waals surface area contributed by atoms with Crippen molar-refractivity contribution in [1.29, 1.82) is 0 Å². The number of fused-ring (bicyclic) bond motifs is 1. The van der Waals surface area contributed by atoms with Crippen molar-refractivity contribution in [1.82, 2.24) is 15.2 Å². The summed E-state index contributed by atoms with van der Waals surface area (Å²) in [6, 6.07) is 6.77. The van der Waals surface area contributed by atoms with Gasteiger partial charge < -0.3 is 14.6 Å². The average Bonchev–Trinajstić information content (AvgIpc) is 2.94. The van der Waals surface area contributed by atoms with Crippen molar-refractivity contribution in [3.05, 3.63) is 35.5 Å². The zero-order valence-electron chi connectivity index (χ0n) is 12.9. The number of nitrogens with one attached hydrogen (secondary N) is 1. The zero-order chi connectivity index (χ0) is 16.6. The molecule has 0 unspecified atom stereocenters. The summed E-state index contributed by atoms with van der Waals surface area (Å²) in [6.07, 6.45) is 0. The van der Waals surface area contributed by atoms with Crippen LogP contribution in [0.2, 0.25) is 0 Å². The summed E-state index contributed by atoms with van der Waals surface area (Å²) in [5, 5.41) is 16.8. The van der Waals surface area contributed by atoms with Crippen molar-refractivity contribution in [3.8, 4) is 22.8 Å². The largest absolute Gasteiger partial charge is 0.497 e. The molecule has 0 atom stereocenters. The summed E-state index contributed by atoms with van der Waals surface area (Å²) in [5.74, 6) is 0.157. The Hall–Kier alpha value is -3.09. The van der Waals surface area contributed by atoms with Gasteiger partial charge in [0.15, 0.2) is 5.65 Å². The van der Waals surface area contributed by atoms with Crippen molar-refractivity contribution in [2.75, 3.05) is 14.2 Å². The lowest BCUT2D eigenvalue weighted by Gasteiger charge is -2.11. The topological polar surface area (TPSA) is 97.3 Å². The maximum absolute atomic E-state index is 11.6. The van der Waals surface area contributed by atoms with Crippen LogP contribution >= 0.6 is 0 Å². The Kier molecular flexibility index (Phi) is 3.61. The van der Waals surface area contributed by atoms with E-state index in [1.165, 1.54) is 6.07 Å². The number of carboxylic acid groups (broad SMARTS) is 1. The Bertz CT molecular complexity index is 902. The quantitative estimate of drug-likeness (QED) is 0.768. The molecule has 0 fully saturated rings. The number of carboxylic acids is 1. The highest BCUT2D eigenvalue weighted by Crippen LogP contribution is 2.34. The maximum Gasteiger partial charge on any atom is 0.336 e. The maximum atomic E-state index is 11.6. The first-order valence-electron chi connectivity index (χ1n) is 6.86. The van der Waals surface area contributed by atoms with Gasteiger partial charge in [0.1, 0.15) is 11.5 Å². The zero-order valence-corrected chi connectivity index (χ0v) is 12.9. The number of carbonyl (C=O) groups is 1. The highest BCUT2D eigenvalue weighted by molar-refractivity contribution is 6.04. The van der Waals surface area contributed by atoms with Crippen molar-refractivity contribution >= 4 is 17.0 Å². The predicted octanol–water partition coefficient (Wildman–Crippen LogP) is 2.65. The first kappa shape index (κ1) is 14.8. The highest BCUT2D eigenvalue weighted by Gasteiger charge is 2.19. The number of nitrogens with zero attached hydrogens (tertiary/aromatic N) is 2. The molecule has 118 valence electrons. The fourth-order valence-corrected chi connectivity index (χ4v) is 2.50. The van der Waals surface area contributed by atoms with Crippen molar-refractivity contribution in [3.63, 3.8) is 0 Å². The number of aromatic amines is 1. The number of pyridine rings is 1. The molecule has 0 aliphatic rings. The molecule has 3 rings (SSSR count). The number of aryl methyl sites for hydroxylation is 1. The van der Waals surface area contributed by atoms with Gasteiger partial charge in [-0.3, -0.25) is 5.10 Å². The van der Waals surface area contributed by atoms with Crippen molar-refractivity contribution in [2.24, 2.45) is 0 Å². The number of hydrogen-bond donors (Lipinski definition) is 2. The molecule has 0 saturated carbocycles. The number of ether oxygens (including phenoxy) is 2. The number of aromatic nitrogens is 3. The van der Waals surface area contributed by atoms with Crippen LogP contribution in [0.1, 0.15) is 16.1 Å².